The molecule has 1 aliphatic heterocycles. The Kier molecular flexibility index (Phi) is 9.40. The summed E-state index contributed by atoms with van der Waals surface area (Å²) >= 11 is 12.2. The van der Waals surface area contributed by atoms with E-state index in [2.05, 4.69) is 10.2 Å². The number of rotatable bonds is 3. The van der Waals surface area contributed by atoms with E-state index >= 15 is 0 Å². The predicted octanol–water partition coefficient (Wildman–Crippen LogP) is 4.33. The molecule has 2 nitrogen and oxygen atoms in total. The molecule has 1 aromatic carbocycles. The predicted molar refractivity (Wildman–Crippen MR) is 88.4 cm³/mol. The van der Waals surface area contributed by atoms with Gasteiger partial charge in [0, 0.05) is 37.8 Å². The van der Waals surface area contributed by atoms with Gasteiger partial charge in [0.1, 0.15) is 5.82 Å². The Morgan fingerprint density at radius 3 is 2.40 bits per heavy atom. The highest BCUT2D eigenvalue weighted by atomic mass is 35.5. The highest BCUT2D eigenvalue weighted by Gasteiger charge is 2.26. The van der Waals surface area contributed by atoms with E-state index in [-0.39, 0.29) is 36.7 Å². The first kappa shape index (κ1) is 20.2. The third-order valence-corrected chi connectivity index (χ3v) is 4.21. The summed E-state index contributed by atoms with van der Waals surface area (Å²) in [6, 6.07) is 2.90. The van der Waals surface area contributed by atoms with Gasteiger partial charge < -0.3 is 5.32 Å². The van der Waals surface area contributed by atoms with E-state index in [1.807, 2.05) is 6.92 Å². The fourth-order valence-electron chi connectivity index (χ4n) is 2.49. The molecule has 0 spiro atoms. The van der Waals surface area contributed by atoms with E-state index in [1.54, 1.807) is 0 Å². The van der Waals surface area contributed by atoms with Crippen LogP contribution in [0.3, 0.4) is 0 Å². The van der Waals surface area contributed by atoms with Crippen LogP contribution in [0.15, 0.2) is 12.1 Å². The van der Waals surface area contributed by atoms with Crippen LogP contribution in [0, 0.1) is 5.82 Å². The van der Waals surface area contributed by atoms with Gasteiger partial charge in [0.25, 0.3) is 0 Å². The quantitative estimate of drug-likeness (QED) is 0.804. The third kappa shape index (κ3) is 4.36. The topological polar surface area (TPSA) is 15.3 Å². The summed E-state index contributed by atoms with van der Waals surface area (Å²) in [6.45, 7) is 5.71. The van der Waals surface area contributed by atoms with E-state index in [9.17, 15) is 4.39 Å². The summed E-state index contributed by atoms with van der Waals surface area (Å²) in [6.07, 6.45) is 0.816. The van der Waals surface area contributed by atoms with Gasteiger partial charge in [-0.05, 0) is 18.6 Å². The summed E-state index contributed by atoms with van der Waals surface area (Å²) in [5.74, 6) is -0.269. The maximum atomic E-state index is 14.0. The first-order valence-electron chi connectivity index (χ1n) is 6.23. The van der Waals surface area contributed by atoms with E-state index in [1.165, 1.54) is 12.1 Å². The second-order valence-corrected chi connectivity index (χ2v) is 5.25. The average Bonchev–Trinajstić information content (AvgIpc) is 2.40. The monoisotopic (exact) mass is 362 g/mol. The molecular formula is C13H19Cl4FN2. The SMILES string of the molecule is CC[C@@H](c1c(F)ccc(Cl)c1Cl)N1CCNCC1.Cl.Cl. The number of hydrogen-bond donors (Lipinski definition) is 1. The summed E-state index contributed by atoms with van der Waals surface area (Å²) in [5.41, 5.74) is 0.536. The first-order chi connectivity index (χ1) is 8.65. The maximum absolute atomic E-state index is 14.0. The van der Waals surface area contributed by atoms with Crippen LogP contribution < -0.4 is 5.32 Å². The van der Waals surface area contributed by atoms with Gasteiger partial charge in [-0.25, -0.2) is 4.39 Å². The normalized spacial score (nSPS) is 17.0. The van der Waals surface area contributed by atoms with Crippen molar-refractivity contribution in [2.75, 3.05) is 26.2 Å². The maximum Gasteiger partial charge on any atom is 0.129 e. The number of nitrogens with zero attached hydrogens (tertiary/aromatic N) is 1. The van der Waals surface area contributed by atoms with Crippen LogP contribution in [-0.4, -0.2) is 31.1 Å². The second kappa shape index (κ2) is 9.29. The molecule has 7 heteroatoms. The Morgan fingerprint density at radius 2 is 1.85 bits per heavy atom. The third-order valence-electron chi connectivity index (χ3n) is 3.39. The molecule has 1 saturated heterocycles. The van der Waals surface area contributed by atoms with E-state index in [0.717, 1.165) is 32.6 Å². The fourth-order valence-corrected chi connectivity index (χ4v) is 2.93. The van der Waals surface area contributed by atoms with Crippen LogP contribution in [0.4, 0.5) is 4.39 Å². The first-order valence-corrected chi connectivity index (χ1v) is 6.99. The Bertz CT molecular complexity index is 425. The zero-order chi connectivity index (χ0) is 13.1. The zero-order valence-corrected chi connectivity index (χ0v) is 14.3. The number of piperazine rings is 1. The van der Waals surface area contributed by atoms with Crippen molar-refractivity contribution >= 4 is 48.0 Å². The van der Waals surface area contributed by atoms with Crippen molar-refractivity contribution in [2.45, 2.75) is 19.4 Å². The van der Waals surface area contributed by atoms with Crippen LogP contribution in [-0.2, 0) is 0 Å². The van der Waals surface area contributed by atoms with Crippen LogP contribution in [0.5, 0.6) is 0 Å². The van der Waals surface area contributed by atoms with Crippen LogP contribution in [0.2, 0.25) is 10.0 Å². The van der Waals surface area contributed by atoms with Crippen molar-refractivity contribution in [1.29, 1.82) is 0 Å². The van der Waals surface area contributed by atoms with Crippen LogP contribution in [0.25, 0.3) is 0 Å². The van der Waals surface area contributed by atoms with Crippen molar-refractivity contribution in [2.24, 2.45) is 0 Å². The van der Waals surface area contributed by atoms with E-state index in [4.69, 9.17) is 23.2 Å². The van der Waals surface area contributed by atoms with E-state index in [0.29, 0.717) is 15.6 Å². The molecule has 0 aromatic heterocycles. The minimum Gasteiger partial charge on any atom is -0.314 e. The number of nitrogens with one attached hydrogen (secondary N) is 1. The lowest BCUT2D eigenvalue weighted by Gasteiger charge is -2.35. The minimum absolute atomic E-state index is 0. The second-order valence-electron chi connectivity index (χ2n) is 4.47. The Labute approximate surface area is 141 Å². The van der Waals surface area contributed by atoms with Gasteiger partial charge in [0.15, 0.2) is 0 Å². The van der Waals surface area contributed by atoms with Crippen molar-refractivity contribution in [3.63, 3.8) is 0 Å². The molecular weight excluding hydrogens is 345 g/mol. The summed E-state index contributed by atoms with van der Waals surface area (Å²) in [7, 11) is 0. The summed E-state index contributed by atoms with van der Waals surface area (Å²) in [5, 5.41) is 4.06. The molecule has 0 radical (unpaired) electrons. The van der Waals surface area contributed by atoms with Crippen molar-refractivity contribution in [3.05, 3.63) is 33.6 Å². The molecule has 0 bridgehead atoms. The molecule has 1 aliphatic rings. The highest BCUT2D eigenvalue weighted by molar-refractivity contribution is 6.42. The van der Waals surface area contributed by atoms with Crippen molar-refractivity contribution in [1.82, 2.24) is 10.2 Å². The van der Waals surface area contributed by atoms with Gasteiger partial charge in [-0.3, -0.25) is 4.90 Å². The summed E-state index contributed by atoms with van der Waals surface area (Å²) in [4.78, 5) is 2.26. The molecule has 1 heterocycles. The van der Waals surface area contributed by atoms with Gasteiger partial charge in [-0.15, -0.1) is 24.8 Å². The zero-order valence-electron chi connectivity index (χ0n) is 11.2. The lowest BCUT2D eigenvalue weighted by Crippen LogP contribution is -2.45. The van der Waals surface area contributed by atoms with Gasteiger partial charge in [-0.1, -0.05) is 30.1 Å². The van der Waals surface area contributed by atoms with Gasteiger partial charge in [-0.2, -0.15) is 0 Å². The molecule has 116 valence electrons. The van der Waals surface area contributed by atoms with E-state index < -0.39 is 0 Å². The smallest absolute Gasteiger partial charge is 0.129 e. The largest absolute Gasteiger partial charge is 0.314 e. The Morgan fingerprint density at radius 1 is 1.25 bits per heavy atom. The molecule has 0 amide bonds. The molecule has 1 N–H and O–H groups in total. The lowest BCUT2D eigenvalue weighted by molar-refractivity contribution is 0.166. The molecule has 1 fully saturated rings. The standard InChI is InChI=1S/C13H17Cl2FN2.2ClH/c1-2-11(18-7-5-17-6-8-18)12-10(16)4-3-9(14)13(12)15;;/h3-4,11,17H,2,5-8H2,1H3;2*1H/t11-;;/m0../s1. The van der Waals surface area contributed by atoms with Gasteiger partial charge in [0.2, 0.25) is 0 Å². The summed E-state index contributed by atoms with van der Waals surface area (Å²) < 4.78 is 14.0. The van der Waals surface area contributed by atoms with Crippen molar-refractivity contribution in [3.8, 4) is 0 Å². The highest BCUT2D eigenvalue weighted by Crippen LogP contribution is 2.36. The Hall–Kier alpha value is 0.230. The molecule has 1 aromatic rings. The lowest BCUT2D eigenvalue weighted by atomic mass is 10.0. The Balaban J connectivity index is 0.00000180. The average molecular weight is 364 g/mol. The molecule has 0 saturated carbocycles. The molecule has 0 aliphatic carbocycles. The minimum atomic E-state index is -0.269. The number of hydrogen-bond acceptors (Lipinski definition) is 2. The van der Waals surface area contributed by atoms with Crippen LogP contribution >= 0.6 is 48.0 Å². The number of halogens is 5. The molecule has 20 heavy (non-hydrogen) atoms. The van der Waals surface area contributed by atoms with Crippen molar-refractivity contribution < 1.29 is 4.39 Å². The molecule has 0 unspecified atom stereocenters. The van der Waals surface area contributed by atoms with Crippen LogP contribution in [0.1, 0.15) is 24.9 Å². The van der Waals surface area contributed by atoms with Gasteiger partial charge >= 0.3 is 0 Å². The number of benzene rings is 1. The molecule has 2 rings (SSSR count). The molecule has 1 atom stereocenters. The fraction of sp³-hybridized carbons (Fsp3) is 0.538. The van der Waals surface area contributed by atoms with Gasteiger partial charge in [0.05, 0.1) is 10.0 Å².